The van der Waals surface area contributed by atoms with Crippen LogP contribution in [0.4, 0.5) is 18.9 Å². The van der Waals surface area contributed by atoms with Crippen LogP contribution < -0.4 is 10.2 Å². The smallest absolute Gasteiger partial charge is 0.370 e. The number of alkyl halides is 3. The lowest BCUT2D eigenvalue weighted by molar-refractivity contribution is -0.126. The van der Waals surface area contributed by atoms with Gasteiger partial charge in [0.1, 0.15) is 0 Å². The Kier molecular flexibility index (Phi) is 4.34. The lowest BCUT2D eigenvalue weighted by Gasteiger charge is -2.35. The third kappa shape index (κ3) is 4.42. The Morgan fingerprint density at radius 1 is 1.26 bits per heavy atom. The zero-order chi connectivity index (χ0) is 13.9. The van der Waals surface area contributed by atoms with Crippen molar-refractivity contribution in [3.63, 3.8) is 0 Å². The van der Waals surface area contributed by atoms with E-state index in [0.717, 1.165) is 25.1 Å². The lowest BCUT2D eigenvalue weighted by atomic mass is 10.0. The highest BCUT2D eigenvalue weighted by Gasteiger charge is 2.29. The third-order valence-electron chi connectivity index (χ3n) is 3.41. The number of halogens is 3. The number of aryl methyl sites for hydroxylation is 1. The monoisotopic (exact) mass is 272 g/mol. The molecule has 1 fully saturated rings. The predicted octanol–water partition coefficient (Wildman–Crippen LogP) is 3.12. The van der Waals surface area contributed by atoms with E-state index < -0.39 is 12.7 Å². The number of hydrogen-bond donors (Lipinski definition) is 1. The minimum Gasteiger partial charge on any atom is -0.370 e. The molecule has 1 unspecified atom stereocenters. The van der Waals surface area contributed by atoms with Crippen LogP contribution in [0.2, 0.25) is 0 Å². The molecule has 0 amide bonds. The topological polar surface area (TPSA) is 15.3 Å². The van der Waals surface area contributed by atoms with Gasteiger partial charge < -0.3 is 10.2 Å². The second-order valence-electron chi connectivity index (χ2n) is 5.12. The molecule has 1 aromatic rings. The number of piperidine rings is 1. The van der Waals surface area contributed by atoms with Crippen LogP contribution in [-0.4, -0.2) is 31.9 Å². The van der Waals surface area contributed by atoms with E-state index in [9.17, 15) is 13.2 Å². The number of rotatable bonds is 3. The van der Waals surface area contributed by atoms with E-state index in [1.54, 1.807) is 0 Å². The maximum Gasteiger partial charge on any atom is 0.401 e. The van der Waals surface area contributed by atoms with Crippen molar-refractivity contribution < 1.29 is 13.2 Å². The average Bonchev–Trinajstić information content (AvgIpc) is 2.37. The van der Waals surface area contributed by atoms with Gasteiger partial charge in [0.2, 0.25) is 0 Å². The van der Waals surface area contributed by atoms with E-state index in [4.69, 9.17) is 0 Å². The highest BCUT2D eigenvalue weighted by molar-refractivity contribution is 5.48. The number of nitrogens with one attached hydrogen (secondary N) is 1. The first-order valence-corrected chi connectivity index (χ1v) is 6.56. The molecule has 1 saturated heterocycles. The summed E-state index contributed by atoms with van der Waals surface area (Å²) in [6.45, 7) is 2.67. The van der Waals surface area contributed by atoms with Gasteiger partial charge in [0, 0.05) is 24.8 Å². The van der Waals surface area contributed by atoms with Crippen molar-refractivity contribution in [1.82, 2.24) is 5.32 Å². The number of anilines is 1. The van der Waals surface area contributed by atoms with E-state index >= 15 is 0 Å². The molecule has 0 saturated carbocycles. The van der Waals surface area contributed by atoms with E-state index in [-0.39, 0.29) is 6.04 Å². The number of nitrogens with zero attached hydrogens (tertiary/aromatic N) is 1. The SMILES string of the molecule is Cc1ccc(N2CCCC(NCC(F)(F)F)C2)cc1. The number of benzene rings is 1. The summed E-state index contributed by atoms with van der Waals surface area (Å²) in [5.41, 5.74) is 2.27. The van der Waals surface area contributed by atoms with E-state index in [2.05, 4.69) is 10.2 Å². The van der Waals surface area contributed by atoms with Crippen LogP contribution in [0.15, 0.2) is 24.3 Å². The summed E-state index contributed by atoms with van der Waals surface area (Å²) in [6, 6.07) is 8.03. The second-order valence-corrected chi connectivity index (χ2v) is 5.12. The van der Waals surface area contributed by atoms with Crippen LogP contribution in [0.1, 0.15) is 18.4 Å². The first kappa shape index (κ1) is 14.2. The minimum absolute atomic E-state index is 0.0864. The van der Waals surface area contributed by atoms with Gasteiger partial charge in [0.15, 0.2) is 0 Å². The molecule has 1 heterocycles. The zero-order valence-corrected chi connectivity index (χ0v) is 11.0. The van der Waals surface area contributed by atoms with Crippen molar-refractivity contribution >= 4 is 5.69 Å². The van der Waals surface area contributed by atoms with Crippen molar-refractivity contribution in [2.45, 2.75) is 32.0 Å². The maximum absolute atomic E-state index is 12.2. The molecule has 106 valence electrons. The maximum atomic E-state index is 12.2. The quantitative estimate of drug-likeness (QED) is 0.909. The molecule has 0 aliphatic carbocycles. The molecule has 0 spiro atoms. The summed E-state index contributed by atoms with van der Waals surface area (Å²) in [5, 5.41) is 2.61. The zero-order valence-electron chi connectivity index (χ0n) is 11.0. The van der Waals surface area contributed by atoms with Crippen LogP contribution >= 0.6 is 0 Å². The van der Waals surface area contributed by atoms with Crippen LogP contribution in [0.25, 0.3) is 0 Å². The molecule has 1 atom stereocenters. The van der Waals surface area contributed by atoms with Crippen molar-refractivity contribution in [1.29, 1.82) is 0 Å². The molecule has 2 nitrogen and oxygen atoms in total. The molecule has 19 heavy (non-hydrogen) atoms. The normalized spacial score (nSPS) is 20.6. The Morgan fingerprint density at radius 3 is 2.58 bits per heavy atom. The Hall–Kier alpha value is -1.23. The highest BCUT2D eigenvalue weighted by atomic mass is 19.4. The van der Waals surface area contributed by atoms with E-state index in [0.29, 0.717) is 6.54 Å². The first-order chi connectivity index (χ1) is 8.94. The summed E-state index contributed by atoms with van der Waals surface area (Å²) >= 11 is 0. The van der Waals surface area contributed by atoms with Gasteiger partial charge in [0.25, 0.3) is 0 Å². The summed E-state index contributed by atoms with van der Waals surface area (Å²) in [6.07, 6.45) is -2.41. The van der Waals surface area contributed by atoms with Crippen LogP contribution in [0.5, 0.6) is 0 Å². The molecular weight excluding hydrogens is 253 g/mol. The highest BCUT2D eigenvalue weighted by Crippen LogP contribution is 2.21. The van der Waals surface area contributed by atoms with Crippen molar-refractivity contribution in [3.05, 3.63) is 29.8 Å². The van der Waals surface area contributed by atoms with Crippen molar-refractivity contribution in [2.75, 3.05) is 24.5 Å². The summed E-state index contributed by atoms with van der Waals surface area (Å²) in [5.74, 6) is 0. The Balaban J connectivity index is 1.91. The molecule has 1 aromatic carbocycles. The molecular formula is C14H19F3N2. The van der Waals surface area contributed by atoms with Crippen molar-refractivity contribution in [2.24, 2.45) is 0 Å². The fourth-order valence-electron chi connectivity index (χ4n) is 2.39. The minimum atomic E-state index is -4.13. The summed E-state index contributed by atoms with van der Waals surface area (Å²) in [7, 11) is 0. The Morgan fingerprint density at radius 2 is 1.95 bits per heavy atom. The molecule has 1 aliphatic rings. The molecule has 1 aliphatic heterocycles. The molecule has 5 heteroatoms. The van der Waals surface area contributed by atoms with Crippen LogP contribution in [0.3, 0.4) is 0 Å². The molecule has 0 bridgehead atoms. The van der Waals surface area contributed by atoms with Gasteiger partial charge in [-0.15, -0.1) is 0 Å². The summed E-state index contributed by atoms with van der Waals surface area (Å²) < 4.78 is 36.6. The molecule has 0 radical (unpaired) electrons. The van der Waals surface area contributed by atoms with Gasteiger partial charge in [-0.25, -0.2) is 0 Å². The van der Waals surface area contributed by atoms with Gasteiger partial charge in [0.05, 0.1) is 6.54 Å². The fraction of sp³-hybridized carbons (Fsp3) is 0.571. The summed E-state index contributed by atoms with van der Waals surface area (Å²) in [4.78, 5) is 2.15. The fourth-order valence-corrected chi connectivity index (χ4v) is 2.39. The van der Waals surface area contributed by atoms with Gasteiger partial charge in [-0.1, -0.05) is 17.7 Å². The Bertz CT molecular complexity index is 400. The van der Waals surface area contributed by atoms with Gasteiger partial charge in [-0.05, 0) is 31.9 Å². The third-order valence-corrected chi connectivity index (χ3v) is 3.41. The first-order valence-electron chi connectivity index (χ1n) is 6.56. The van der Waals surface area contributed by atoms with Gasteiger partial charge >= 0.3 is 6.18 Å². The van der Waals surface area contributed by atoms with E-state index in [1.807, 2.05) is 31.2 Å². The average molecular weight is 272 g/mol. The second kappa shape index (κ2) is 5.82. The van der Waals surface area contributed by atoms with Crippen molar-refractivity contribution in [3.8, 4) is 0 Å². The van der Waals surface area contributed by atoms with Gasteiger partial charge in [-0.3, -0.25) is 0 Å². The largest absolute Gasteiger partial charge is 0.401 e. The van der Waals surface area contributed by atoms with Gasteiger partial charge in [-0.2, -0.15) is 13.2 Å². The van der Waals surface area contributed by atoms with E-state index in [1.165, 1.54) is 5.56 Å². The number of hydrogen-bond acceptors (Lipinski definition) is 2. The predicted molar refractivity (Wildman–Crippen MR) is 70.5 cm³/mol. The lowest BCUT2D eigenvalue weighted by Crippen LogP contribution is -2.48. The van der Waals surface area contributed by atoms with Crippen LogP contribution in [-0.2, 0) is 0 Å². The molecule has 1 N–H and O–H groups in total. The standard InChI is InChI=1S/C14H19F3N2/c1-11-4-6-13(7-5-11)19-8-2-3-12(9-19)18-10-14(15,16)17/h4-7,12,18H,2-3,8-10H2,1H3. The molecule has 2 rings (SSSR count). The Labute approximate surface area is 111 Å². The molecule has 0 aromatic heterocycles. The van der Waals surface area contributed by atoms with Crippen LogP contribution in [0, 0.1) is 6.92 Å².